The van der Waals surface area contributed by atoms with Gasteiger partial charge in [0.15, 0.2) is 15.8 Å². The summed E-state index contributed by atoms with van der Waals surface area (Å²) in [6.45, 7) is 18.5. The van der Waals surface area contributed by atoms with Crippen molar-refractivity contribution in [1.82, 2.24) is 46.2 Å². The second-order valence-electron chi connectivity index (χ2n) is 25.0. The molecule has 0 saturated heterocycles. The number of fused-ring (bicyclic) bond motifs is 4. The van der Waals surface area contributed by atoms with Crippen LogP contribution < -0.4 is 47.3 Å². The molecule has 0 unspecified atom stereocenters. The molecule has 115 heavy (non-hydrogen) atoms. The number of carbonyl (C=O) groups excluding carboxylic acids is 13. The van der Waals surface area contributed by atoms with E-state index < -0.39 is 77.7 Å². The number of thiophene rings is 4. The lowest BCUT2D eigenvalue weighted by atomic mass is 10.1. The van der Waals surface area contributed by atoms with Gasteiger partial charge in [-0.25, -0.2) is 44.1 Å². The lowest BCUT2D eigenvalue weighted by molar-refractivity contribution is -0.142. The van der Waals surface area contributed by atoms with Gasteiger partial charge in [0.05, 0.1) is 96.5 Å². The number of methoxy groups -OCH3 is 1. The Morgan fingerprint density at radius 1 is 0.461 bits per heavy atom. The van der Waals surface area contributed by atoms with Crippen LogP contribution in [0, 0.1) is 0 Å². The van der Waals surface area contributed by atoms with Crippen molar-refractivity contribution >= 4 is 229 Å². The molecule has 0 saturated carbocycles. The molecule has 12 rings (SSSR count). The molecule has 600 valence electrons. The highest BCUT2D eigenvalue weighted by Gasteiger charge is 2.26. The Morgan fingerprint density at radius 2 is 0.974 bits per heavy atom. The minimum absolute atomic E-state index is 0.148. The predicted octanol–water partition coefficient (Wildman–Crippen LogP) is 16.2. The second kappa shape index (κ2) is 40.7. The molecule has 0 aliphatic heterocycles. The molecule has 0 aliphatic carbocycles. The number of amides is 11. The number of esters is 1. The van der Waals surface area contributed by atoms with E-state index in [-0.39, 0.29) is 76.6 Å². The van der Waals surface area contributed by atoms with E-state index in [0.29, 0.717) is 64.2 Å². The van der Waals surface area contributed by atoms with Crippen LogP contribution in [0.3, 0.4) is 0 Å². The van der Waals surface area contributed by atoms with Crippen LogP contribution in [0.5, 0.6) is 5.75 Å². The Hall–Kier alpha value is -11.9. The average molecular weight is 1720 g/mol. The van der Waals surface area contributed by atoms with Crippen molar-refractivity contribution in [3.8, 4) is 5.75 Å². The third-order valence-electron chi connectivity index (χ3n) is 14.6. The summed E-state index contributed by atoms with van der Waals surface area (Å²) in [5.41, 5.74) is 6.29. The molecule has 0 radical (unpaired) electrons. The number of nitrogens with one attached hydrogen (secondary N) is 8. The smallest absolute Gasteiger partial charge is 0.414 e. The number of rotatable bonds is 22. The SMILES string of the molecule is CC(C)OC(=O)NC(=O)c1ccsc1NC(=O)c1ccc2ncsc2c1.CCOC(=O)CC(=O)c1ccsc1NC(=O)c1nc2cc(CNC(=O)OC(C)(C)C)cnc2s1.CCOC(=O)NC(=O)c1ccsc1NC(=O)c1ccc2sc(C(C)C)nc2c1.CCOC(=O)NC(=O)c1ccsc1NC(=O)c1nc2ccc(OC)cc2s1. The number of carbonyl (C=O) groups is 13. The molecule has 0 fully saturated rings. The zero-order chi connectivity index (χ0) is 83.2. The Morgan fingerprint density at radius 3 is 1.52 bits per heavy atom. The van der Waals surface area contributed by atoms with E-state index in [0.717, 1.165) is 41.5 Å². The highest BCUT2D eigenvalue weighted by Crippen LogP contribution is 2.34. The molecular formula is C75H73N13O19S8. The van der Waals surface area contributed by atoms with Gasteiger partial charge in [-0.15, -0.1) is 79.4 Å². The molecule has 9 aromatic heterocycles. The number of nitrogens with zero attached hydrogens (tertiary/aromatic N) is 5. The van der Waals surface area contributed by atoms with E-state index in [1.54, 1.807) is 168 Å². The average Bonchev–Trinajstić information content (AvgIpc) is 1.71. The summed E-state index contributed by atoms with van der Waals surface area (Å²) < 4.78 is 32.2. The van der Waals surface area contributed by atoms with E-state index in [1.165, 1.54) is 86.2 Å². The molecule has 9 heterocycles. The van der Waals surface area contributed by atoms with Crippen molar-refractivity contribution in [2.75, 3.05) is 48.2 Å². The van der Waals surface area contributed by atoms with Crippen LogP contribution in [0.4, 0.5) is 39.2 Å². The van der Waals surface area contributed by atoms with Gasteiger partial charge in [-0.3, -0.25) is 59.1 Å². The number of alkyl carbamates (subject to hydrolysis) is 4. The summed E-state index contributed by atoms with van der Waals surface area (Å²) in [5.74, 6) is -3.62. The summed E-state index contributed by atoms with van der Waals surface area (Å²) in [5, 5.41) is 29.2. The molecule has 32 nitrogen and oxygen atoms in total. The number of pyridine rings is 1. The Bertz CT molecular complexity index is 5610. The third kappa shape index (κ3) is 24.8. The van der Waals surface area contributed by atoms with Crippen LogP contribution in [0.15, 0.2) is 118 Å². The number of benzene rings is 3. The number of aromatic nitrogens is 5. The summed E-state index contributed by atoms with van der Waals surface area (Å²) in [6, 6.07) is 23.7. The molecule has 0 atom stereocenters. The first-order valence-electron chi connectivity index (χ1n) is 34.5. The zero-order valence-corrected chi connectivity index (χ0v) is 69.5. The van der Waals surface area contributed by atoms with Gasteiger partial charge in [0.2, 0.25) is 0 Å². The van der Waals surface area contributed by atoms with Gasteiger partial charge in [-0.1, -0.05) is 25.2 Å². The predicted molar refractivity (Wildman–Crippen MR) is 443 cm³/mol. The van der Waals surface area contributed by atoms with Crippen LogP contribution in [0.25, 0.3) is 41.0 Å². The van der Waals surface area contributed by atoms with Gasteiger partial charge in [0, 0.05) is 29.8 Å². The minimum Gasteiger partial charge on any atom is -0.497 e. The van der Waals surface area contributed by atoms with Crippen molar-refractivity contribution in [2.45, 2.75) is 99.8 Å². The summed E-state index contributed by atoms with van der Waals surface area (Å²) >= 11 is 10.1. The summed E-state index contributed by atoms with van der Waals surface area (Å²) in [6.07, 6.45) is -2.20. The molecule has 0 aliphatic rings. The summed E-state index contributed by atoms with van der Waals surface area (Å²) in [7, 11) is 1.56. The number of anilines is 4. The van der Waals surface area contributed by atoms with E-state index in [9.17, 15) is 62.3 Å². The third-order valence-corrected chi connectivity index (χ3v) is 22.1. The first-order valence-corrected chi connectivity index (χ1v) is 41.4. The molecule has 0 spiro atoms. The van der Waals surface area contributed by atoms with E-state index in [4.69, 9.17) is 23.7 Å². The Kier molecular flexibility index (Phi) is 30.8. The number of ether oxygens (including phenoxy) is 6. The number of thiazole rings is 4. The van der Waals surface area contributed by atoms with Gasteiger partial charge in [0.25, 0.3) is 41.4 Å². The maximum atomic E-state index is 12.8. The van der Waals surface area contributed by atoms with E-state index in [2.05, 4.69) is 86.0 Å². The quantitative estimate of drug-likeness (QED) is 0.0135. The Balaban J connectivity index is 0.000000176. The normalized spacial score (nSPS) is 10.8. The zero-order valence-electron chi connectivity index (χ0n) is 63.0. The second-order valence-corrected chi connectivity index (χ2v) is 32.6. The topological polar surface area (TPSA) is 438 Å². The van der Waals surface area contributed by atoms with Crippen molar-refractivity contribution in [1.29, 1.82) is 0 Å². The van der Waals surface area contributed by atoms with Crippen molar-refractivity contribution in [2.24, 2.45) is 0 Å². The fraction of sp³-hybridized carbons (Fsp3) is 0.253. The highest BCUT2D eigenvalue weighted by molar-refractivity contribution is 7.21. The number of Topliss-reactive ketones (excluding diaryl/α,β-unsaturated/α-hetero) is 1. The first kappa shape index (κ1) is 87.1. The van der Waals surface area contributed by atoms with Crippen LogP contribution in [-0.4, -0.2) is 141 Å². The number of ketones is 1. The molecule has 8 N–H and O–H groups in total. The van der Waals surface area contributed by atoms with Crippen LogP contribution >= 0.6 is 90.7 Å². The maximum absolute atomic E-state index is 12.8. The minimum atomic E-state index is -0.842. The fourth-order valence-electron chi connectivity index (χ4n) is 9.55. The number of hydrogen-bond donors (Lipinski definition) is 8. The molecule has 12 aromatic rings. The van der Waals surface area contributed by atoms with E-state index >= 15 is 0 Å². The van der Waals surface area contributed by atoms with Crippen molar-refractivity contribution in [3.63, 3.8) is 0 Å². The number of hydrogen-bond acceptors (Lipinski definition) is 32. The van der Waals surface area contributed by atoms with Crippen LogP contribution in [0.2, 0.25) is 0 Å². The van der Waals surface area contributed by atoms with Gasteiger partial charge in [-0.2, -0.15) is 0 Å². The molecule has 11 amide bonds. The van der Waals surface area contributed by atoms with Crippen LogP contribution in [0.1, 0.15) is 174 Å². The van der Waals surface area contributed by atoms with Gasteiger partial charge in [-0.05, 0) is 167 Å². The lowest BCUT2D eigenvalue weighted by Gasteiger charge is -2.19. The molecule has 3 aromatic carbocycles. The maximum Gasteiger partial charge on any atom is 0.414 e. The number of imide groups is 3. The summed E-state index contributed by atoms with van der Waals surface area (Å²) in [4.78, 5) is 179. The van der Waals surface area contributed by atoms with Crippen LogP contribution in [-0.2, 0) is 35.0 Å². The Labute approximate surface area is 687 Å². The first-order chi connectivity index (χ1) is 54.9. The molecule has 0 bridgehead atoms. The molecular weight excluding hydrogens is 1640 g/mol. The highest BCUT2D eigenvalue weighted by atomic mass is 32.1. The standard InChI is InChI=1S/C22H24N4O6S2.C19H19N3O4S2.C17H15N3O5S2.C17H15N3O4S2/c1-5-31-16(28)9-15(27)13-6-7-33-18(13)26-17(29)20-25-14-8-12(10-23-19(14)34-20)11-24-21(30)32-22(2,3)4;1-4-26-19(25)22-16(24)12-7-8-27-18(12)21-15(23)11-5-6-14-13(9-11)20-17(28-14)10(2)3;1-3-25-17(23)20-13(21)10-6-7-26-15(10)19-14(22)16-18-11-5-4-9(24-2)8-12(11)27-16;1-9(2)24-17(23)20-15(22)11-5-6-25-16(11)19-14(21)10-3-4-12-13(7-10)26-8-18-12/h6-8,10H,5,9,11H2,1-4H3,(H,24,30)(H,26,29);5-10H,4H2,1-3H3,(H,21,23)(H,22,24,25);4-8H,3H2,1-2H3,(H,19,22)(H,20,21,23);3-9H,1-2H3,(H,19,21)(H,20,22,23). The molecule has 40 heteroatoms. The van der Waals surface area contributed by atoms with Gasteiger partial charge < -0.3 is 55.0 Å². The monoisotopic (exact) mass is 1720 g/mol. The van der Waals surface area contributed by atoms with E-state index in [1.807, 2.05) is 6.07 Å². The van der Waals surface area contributed by atoms with Crippen molar-refractivity contribution in [3.05, 3.63) is 172 Å². The van der Waals surface area contributed by atoms with Gasteiger partial charge in [0.1, 0.15) is 48.1 Å². The largest absolute Gasteiger partial charge is 0.497 e. The van der Waals surface area contributed by atoms with Crippen molar-refractivity contribution < 1.29 is 90.8 Å². The lowest BCUT2D eigenvalue weighted by Crippen LogP contribution is -2.32. The van der Waals surface area contributed by atoms with Gasteiger partial charge >= 0.3 is 30.3 Å². The fourth-order valence-corrected chi connectivity index (χ4v) is 16.0.